The van der Waals surface area contributed by atoms with E-state index in [0.717, 1.165) is 45.2 Å². The largest absolute Gasteiger partial charge is 0.379 e. The van der Waals surface area contributed by atoms with Crippen LogP contribution in [-0.4, -0.2) is 58.8 Å². The highest BCUT2D eigenvalue weighted by molar-refractivity contribution is 6.02. The predicted octanol–water partition coefficient (Wildman–Crippen LogP) is 1.67. The summed E-state index contributed by atoms with van der Waals surface area (Å²) in [4.78, 5) is 26.2. The van der Waals surface area contributed by atoms with Crippen molar-refractivity contribution in [1.82, 2.24) is 14.7 Å². The number of ether oxygens (including phenoxy) is 1. The highest BCUT2D eigenvalue weighted by Crippen LogP contribution is 2.31. The Labute approximate surface area is 171 Å². The minimum absolute atomic E-state index is 0.0186. The summed E-state index contributed by atoms with van der Waals surface area (Å²) in [6, 6.07) is 2.13. The number of rotatable bonds is 11. The molecular weight excluding hydrogens is 372 g/mol. The highest BCUT2D eigenvalue weighted by atomic mass is 16.5. The molecule has 9 nitrogen and oxygen atoms in total. The second-order valence-electron chi connectivity index (χ2n) is 7.98. The Balaban J connectivity index is 1.66. The van der Waals surface area contributed by atoms with Gasteiger partial charge < -0.3 is 15.8 Å². The van der Waals surface area contributed by atoms with Gasteiger partial charge in [-0.1, -0.05) is 13.3 Å². The standard InChI is InChI=1S/C20H30N6O3/c1-3-4-14(25-10-16(11-25)29-2)7-8-15(9-21)26-12-17(18(22)27)19(24-26)23-20(28)13-5-6-13/h12-16H,3-8,10-11H2,1-2H3,(H2,22,27)(H,23,24,28)/t14-,15?/m1/s1. The first-order valence-electron chi connectivity index (χ1n) is 10.3. The lowest BCUT2D eigenvalue weighted by Crippen LogP contribution is -2.56. The van der Waals surface area contributed by atoms with E-state index in [0.29, 0.717) is 18.6 Å². The molecular formula is C20H30N6O3. The number of anilines is 1. The van der Waals surface area contributed by atoms with E-state index in [1.165, 1.54) is 10.9 Å². The Bertz CT molecular complexity index is 776. The van der Waals surface area contributed by atoms with Crippen molar-refractivity contribution >= 4 is 17.6 Å². The average Bonchev–Trinajstić information content (AvgIpc) is 3.42. The van der Waals surface area contributed by atoms with Crippen LogP contribution in [0.25, 0.3) is 0 Å². The van der Waals surface area contributed by atoms with Gasteiger partial charge in [-0.25, -0.2) is 0 Å². The van der Waals surface area contributed by atoms with Gasteiger partial charge in [-0.15, -0.1) is 0 Å². The number of carbonyl (C=O) groups is 2. The molecule has 2 heterocycles. The van der Waals surface area contributed by atoms with Crippen LogP contribution in [0.1, 0.15) is 61.8 Å². The summed E-state index contributed by atoms with van der Waals surface area (Å²) in [5, 5.41) is 16.7. The van der Waals surface area contributed by atoms with Crippen molar-refractivity contribution in [2.45, 2.75) is 63.6 Å². The molecule has 2 fully saturated rings. The van der Waals surface area contributed by atoms with E-state index in [2.05, 4.69) is 28.3 Å². The van der Waals surface area contributed by atoms with Gasteiger partial charge in [-0.2, -0.15) is 10.4 Å². The monoisotopic (exact) mass is 402 g/mol. The third-order valence-electron chi connectivity index (χ3n) is 5.78. The van der Waals surface area contributed by atoms with Crippen molar-refractivity contribution in [1.29, 1.82) is 5.26 Å². The Kier molecular flexibility index (Phi) is 6.87. The summed E-state index contributed by atoms with van der Waals surface area (Å²) in [5.41, 5.74) is 5.58. The Morgan fingerprint density at radius 2 is 2.10 bits per heavy atom. The summed E-state index contributed by atoms with van der Waals surface area (Å²) >= 11 is 0. The fraction of sp³-hybridized carbons (Fsp3) is 0.700. The number of carbonyl (C=O) groups excluding carboxylic acids is 2. The lowest BCUT2D eigenvalue weighted by molar-refractivity contribution is -0.117. The maximum Gasteiger partial charge on any atom is 0.254 e. The molecule has 1 saturated heterocycles. The molecule has 29 heavy (non-hydrogen) atoms. The van der Waals surface area contributed by atoms with Crippen LogP contribution in [-0.2, 0) is 9.53 Å². The number of hydrogen-bond acceptors (Lipinski definition) is 6. The van der Waals surface area contributed by atoms with Crippen molar-refractivity contribution in [2.75, 3.05) is 25.5 Å². The van der Waals surface area contributed by atoms with Crippen LogP contribution in [0.4, 0.5) is 5.82 Å². The summed E-state index contributed by atoms with van der Waals surface area (Å²) in [6.07, 6.45) is 7.03. The van der Waals surface area contributed by atoms with Gasteiger partial charge >= 0.3 is 0 Å². The number of likely N-dealkylation sites (tertiary alicyclic amines) is 1. The number of nitrogens with zero attached hydrogens (tertiary/aromatic N) is 4. The topological polar surface area (TPSA) is 126 Å². The zero-order valence-corrected chi connectivity index (χ0v) is 17.1. The third kappa shape index (κ3) is 5.14. The minimum Gasteiger partial charge on any atom is -0.379 e. The van der Waals surface area contributed by atoms with Gasteiger partial charge in [-0.3, -0.25) is 19.2 Å². The number of amides is 2. The molecule has 0 radical (unpaired) electrons. The molecule has 1 aliphatic carbocycles. The number of nitrogens with one attached hydrogen (secondary N) is 1. The van der Waals surface area contributed by atoms with E-state index in [4.69, 9.17) is 10.5 Å². The van der Waals surface area contributed by atoms with Crippen molar-refractivity contribution in [3.05, 3.63) is 11.8 Å². The molecule has 158 valence electrons. The van der Waals surface area contributed by atoms with E-state index in [-0.39, 0.29) is 23.2 Å². The van der Waals surface area contributed by atoms with Crippen molar-refractivity contribution in [3.63, 3.8) is 0 Å². The van der Waals surface area contributed by atoms with Crippen molar-refractivity contribution in [3.8, 4) is 6.07 Å². The number of primary amides is 1. The van der Waals surface area contributed by atoms with Crippen LogP contribution in [0.5, 0.6) is 0 Å². The maximum atomic E-state index is 12.1. The minimum atomic E-state index is -0.672. The third-order valence-corrected chi connectivity index (χ3v) is 5.78. The summed E-state index contributed by atoms with van der Waals surface area (Å²) in [6.45, 7) is 4.00. The van der Waals surface area contributed by atoms with Gasteiger partial charge in [0, 0.05) is 38.4 Å². The summed E-state index contributed by atoms with van der Waals surface area (Å²) < 4.78 is 6.82. The van der Waals surface area contributed by atoms with Gasteiger partial charge in [0.05, 0.1) is 12.2 Å². The number of hydrogen-bond donors (Lipinski definition) is 2. The second-order valence-corrected chi connectivity index (χ2v) is 7.98. The van der Waals surface area contributed by atoms with E-state index in [1.54, 1.807) is 7.11 Å². The van der Waals surface area contributed by atoms with Crippen LogP contribution < -0.4 is 11.1 Å². The molecule has 0 aromatic carbocycles. The Hall–Kier alpha value is -2.44. The van der Waals surface area contributed by atoms with E-state index in [1.807, 2.05) is 0 Å². The number of methoxy groups -OCH3 is 1. The highest BCUT2D eigenvalue weighted by Gasteiger charge is 2.33. The van der Waals surface area contributed by atoms with Gasteiger partial charge in [-0.05, 0) is 32.1 Å². The zero-order chi connectivity index (χ0) is 21.0. The van der Waals surface area contributed by atoms with Crippen LogP contribution in [0.15, 0.2) is 6.20 Å². The fourth-order valence-electron chi connectivity index (χ4n) is 3.75. The molecule has 0 bridgehead atoms. The van der Waals surface area contributed by atoms with E-state index in [9.17, 15) is 14.9 Å². The zero-order valence-electron chi connectivity index (χ0n) is 17.1. The van der Waals surface area contributed by atoms with Gasteiger partial charge in [0.25, 0.3) is 5.91 Å². The first-order valence-corrected chi connectivity index (χ1v) is 10.3. The lowest BCUT2D eigenvalue weighted by atomic mass is 9.97. The van der Waals surface area contributed by atoms with Crippen molar-refractivity contribution in [2.24, 2.45) is 11.7 Å². The molecule has 2 aliphatic rings. The van der Waals surface area contributed by atoms with Gasteiger partial charge in [0.1, 0.15) is 11.6 Å². The molecule has 0 spiro atoms. The molecule has 1 aromatic rings. The quantitative estimate of drug-likeness (QED) is 0.580. The summed E-state index contributed by atoms with van der Waals surface area (Å²) in [7, 11) is 1.73. The Morgan fingerprint density at radius 1 is 1.38 bits per heavy atom. The van der Waals surface area contributed by atoms with Gasteiger partial charge in [0.15, 0.2) is 5.82 Å². The predicted molar refractivity (Wildman–Crippen MR) is 107 cm³/mol. The molecule has 9 heteroatoms. The van der Waals surface area contributed by atoms with Crippen LogP contribution >= 0.6 is 0 Å². The lowest BCUT2D eigenvalue weighted by Gasteiger charge is -2.43. The van der Waals surface area contributed by atoms with E-state index < -0.39 is 11.9 Å². The number of nitrogens with two attached hydrogens (primary N) is 1. The molecule has 1 saturated carbocycles. The average molecular weight is 402 g/mol. The molecule has 3 rings (SSSR count). The summed E-state index contributed by atoms with van der Waals surface area (Å²) in [5.74, 6) is -0.700. The molecule has 3 N–H and O–H groups in total. The molecule has 1 unspecified atom stereocenters. The molecule has 1 aliphatic heterocycles. The van der Waals surface area contributed by atoms with Crippen LogP contribution in [0.3, 0.4) is 0 Å². The molecule has 2 atom stereocenters. The maximum absolute atomic E-state index is 12.1. The molecule has 2 amide bonds. The second kappa shape index (κ2) is 9.37. The number of aromatic nitrogens is 2. The van der Waals surface area contributed by atoms with E-state index >= 15 is 0 Å². The first kappa shape index (κ1) is 21.3. The fourth-order valence-corrected chi connectivity index (χ4v) is 3.75. The SMILES string of the molecule is CCC[C@H](CCC(C#N)n1cc(C(N)=O)c(NC(=O)C2CC2)n1)N1CC(OC)C1. The van der Waals surface area contributed by atoms with Crippen molar-refractivity contribution < 1.29 is 14.3 Å². The normalized spacial score (nSPS) is 19.2. The van der Waals surface area contributed by atoms with Gasteiger partial charge in [0.2, 0.25) is 5.91 Å². The number of nitriles is 1. The molecule has 1 aromatic heterocycles. The van der Waals surface area contributed by atoms with Crippen LogP contribution in [0, 0.1) is 17.2 Å². The first-order chi connectivity index (χ1) is 14.0. The Morgan fingerprint density at radius 3 is 2.66 bits per heavy atom. The smallest absolute Gasteiger partial charge is 0.254 e. The van der Waals surface area contributed by atoms with Crippen LogP contribution in [0.2, 0.25) is 0 Å².